The molecule has 0 bridgehead atoms. The van der Waals surface area contributed by atoms with Gasteiger partial charge < -0.3 is 19.3 Å². The normalized spacial score (nSPS) is 11.4. The van der Waals surface area contributed by atoms with Crippen LogP contribution in [-0.2, 0) is 4.79 Å². The van der Waals surface area contributed by atoms with Gasteiger partial charge in [-0.15, -0.1) is 0 Å². The summed E-state index contributed by atoms with van der Waals surface area (Å²) in [5, 5.41) is 9.29. The van der Waals surface area contributed by atoms with E-state index in [0.29, 0.717) is 37.1 Å². The van der Waals surface area contributed by atoms with Gasteiger partial charge in [0.25, 0.3) is 0 Å². The summed E-state index contributed by atoms with van der Waals surface area (Å²) in [5.41, 5.74) is 0.759. The first-order valence-corrected chi connectivity index (χ1v) is 21.6. The minimum atomic E-state index is -0.966. The van der Waals surface area contributed by atoms with E-state index in [9.17, 15) is 9.90 Å². The lowest BCUT2D eigenvalue weighted by molar-refractivity contribution is -0.131. The third-order valence-corrected chi connectivity index (χ3v) is 9.72. The third-order valence-electron chi connectivity index (χ3n) is 9.72. The van der Waals surface area contributed by atoms with Gasteiger partial charge in [-0.2, -0.15) is 0 Å². The molecule has 1 aromatic carbocycles. The highest BCUT2D eigenvalue weighted by atomic mass is 16.5. The van der Waals surface area contributed by atoms with Crippen molar-refractivity contribution in [2.24, 2.45) is 0 Å². The molecule has 290 valence electrons. The van der Waals surface area contributed by atoms with Crippen LogP contribution in [0.1, 0.15) is 219 Å². The van der Waals surface area contributed by atoms with E-state index in [4.69, 9.17) is 14.2 Å². The maximum absolute atomic E-state index is 11.3. The van der Waals surface area contributed by atoms with Crippen molar-refractivity contribution in [3.05, 3.63) is 23.8 Å². The van der Waals surface area contributed by atoms with Crippen LogP contribution < -0.4 is 14.2 Å². The van der Waals surface area contributed by atoms with E-state index in [1.807, 2.05) is 12.1 Å². The number of hydrogen-bond acceptors (Lipinski definition) is 4. The standard InChI is InChI=1S/C45H80O5/c1-4-7-10-13-16-19-22-25-28-31-36-48-42-39-41(34-35-44(46)47)40-43(49-37-32-29-26-23-20-17-14-11-8-5-2)45(42)50-38-33-30-27-24-21-18-15-12-9-6-3/h34-35,39-40H,4-33,36-38H2,1-3H3,(H,46,47)/b35-34+. The highest BCUT2D eigenvalue weighted by Crippen LogP contribution is 2.40. The van der Waals surface area contributed by atoms with Crippen LogP contribution in [0.25, 0.3) is 6.08 Å². The van der Waals surface area contributed by atoms with Crippen LogP contribution in [-0.4, -0.2) is 30.9 Å². The topological polar surface area (TPSA) is 65.0 Å². The summed E-state index contributed by atoms with van der Waals surface area (Å²) in [7, 11) is 0. The summed E-state index contributed by atoms with van der Waals surface area (Å²) in [5.74, 6) is 1.04. The van der Waals surface area contributed by atoms with Gasteiger partial charge in [0.15, 0.2) is 11.5 Å². The number of carboxylic acids is 1. The second-order valence-corrected chi connectivity index (χ2v) is 14.6. The van der Waals surface area contributed by atoms with Crippen molar-refractivity contribution in [2.45, 2.75) is 213 Å². The van der Waals surface area contributed by atoms with E-state index >= 15 is 0 Å². The lowest BCUT2D eigenvalue weighted by Crippen LogP contribution is -2.07. The smallest absolute Gasteiger partial charge is 0.328 e. The van der Waals surface area contributed by atoms with E-state index in [1.165, 1.54) is 160 Å². The van der Waals surface area contributed by atoms with Crippen molar-refractivity contribution < 1.29 is 24.1 Å². The van der Waals surface area contributed by atoms with Gasteiger partial charge in [0.2, 0.25) is 5.75 Å². The Labute approximate surface area is 309 Å². The van der Waals surface area contributed by atoms with Gasteiger partial charge in [0, 0.05) is 6.08 Å². The molecule has 0 aliphatic rings. The number of unbranched alkanes of at least 4 members (excludes halogenated alkanes) is 27. The summed E-state index contributed by atoms with van der Waals surface area (Å²) < 4.78 is 19.2. The van der Waals surface area contributed by atoms with Gasteiger partial charge in [-0.25, -0.2) is 4.79 Å². The van der Waals surface area contributed by atoms with Gasteiger partial charge in [-0.1, -0.05) is 194 Å². The Balaban J connectivity index is 2.72. The number of hydrogen-bond donors (Lipinski definition) is 1. The van der Waals surface area contributed by atoms with Crippen LogP contribution >= 0.6 is 0 Å². The van der Waals surface area contributed by atoms with Gasteiger partial charge in [-0.3, -0.25) is 0 Å². The van der Waals surface area contributed by atoms with Crippen molar-refractivity contribution in [3.63, 3.8) is 0 Å². The molecule has 0 aromatic heterocycles. The molecule has 0 atom stereocenters. The third kappa shape index (κ3) is 27.5. The molecular weight excluding hydrogens is 620 g/mol. The molecule has 5 heteroatoms. The quantitative estimate of drug-likeness (QED) is 0.0549. The molecule has 1 N–H and O–H groups in total. The number of carboxylic acid groups (broad SMARTS) is 1. The fourth-order valence-electron chi connectivity index (χ4n) is 6.52. The summed E-state index contributed by atoms with van der Waals surface area (Å²) in [6, 6.07) is 3.83. The van der Waals surface area contributed by atoms with Crippen LogP contribution in [0.5, 0.6) is 17.2 Å². The monoisotopic (exact) mass is 701 g/mol. The van der Waals surface area contributed by atoms with Gasteiger partial charge >= 0.3 is 5.97 Å². The minimum absolute atomic E-state index is 0.620. The van der Waals surface area contributed by atoms with Crippen LogP contribution in [0.3, 0.4) is 0 Å². The van der Waals surface area contributed by atoms with Crippen molar-refractivity contribution in [1.29, 1.82) is 0 Å². The zero-order valence-corrected chi connectivity index (χ0v) is 33.2. The maximum atomic E-state index is 11.3. The fraction of sp³-hybridized carbons (Fsp3) is 0.800. The van der Waals surface area contributed by atoms with Gasteiger partial charge in [-0.05, 0) is 43.0 Å². The molecule has 0 heterocycles. The summed E-state index contributed by atoms with van der Waals surface area (Å²) in [6.45, 7) is 8.68. The van der Waals surface area contributed by atoms with E-state index in [-0.39, 0.29) is 0 Å². The average molecular weight is 701 g/mol. The highest BCUT2D eigenvalue weighted by molar-refractivity contribution is 5.85. The Morgan fingerprint density at radius 3 is 1.04 bits per heavy atom. The van der Waals surface area contributed by atoms with Crippen molar-refractivity contribution >= 4 is 12.0 Å². The molecule has 1 rings (SSSR count). The molecular formula is C45H80O5. The molecule has 0 aliphatic carbocycles. The van der Waals surface area contributed by atoms with Crippen LogP contribution in [0, 0.1) is 0 Å². The summed E-state index contributed by atoms with van der Waals surface area (Å²) in [6.07, 6.45) is 41.2. The zero-order valence-electron chi connectivity index (χ0n) is 33.2. The first-order valence-electron chi connectivity index (χ1n) is 21.6. The second-order valence-electron chi connectivity index (χ2n) is 14.6. The van der Waals surface area contributed by atoms with Crippen LogP contribution in [0.4, 0.5) is 0 Å². The number of carbonyl (C=O) groups is 1. The first kappa shape index (κ1) is 45.9. The second kappa shape index (κ2) is 35.2. The Hall–Kier alpha value is -2.17. The molecule has 0 amide bonds. The number of rotatable bonds is 38. The Morgan fingerprint density at radius 2 is 0.740 bits per heavy atom. The minimum Gasteiger partial charge on any atom is -0.490 e. The molecule has 0 saturated heterocycles. The summed E-state index contributed by atoms with van der Waals surface area (Å²) in [4.78, 5) is 11.3. The van der Waals surface area contributed by atoms with Crippen molar-refractivity contribution in [2.75, 3.05) is 19.8 Å². The average Bonchev–Trinajstić information content (AvgIpc) is 3.11. The van der Waals surface area contributed by atoms with E-state index in [0.717, 1.165) is 44.1 Å². The Kier molecular flexibility index (Phi) is 32.3. The number of ether oxygens (including phenoxy) is 3. The van der Waals surface area contributed by atoms with E-state index in [1.54, 1.807) is 6.08 Å². The predicted octanol–water partition coefficient (Wildman–Crippen LogP) is 14.7. The predicted molar refractivity (Wildman–Crippen MR) is 215 cm³/mol. The molecule has 0 fully saturated rings. The lowest BCUT2D eigenvalue weighted by atomic mass is 10.1. The van der Waals surface area contributed by atoms with Crippen molar-refractivity contribution in [3.8, 4) is 17.2 Å². The molecule has 0 aliphatic heterocycles. The Morgan fingerprint density at radius 1 is 0.460 bits per heavy atom. The number of aliphatic carboxylic acids is 1. The lowest BCUT2D eigenvalue weighted by Gasteiger charge is -2.18. The first-order chi connectivity index (χ1) is 24.6. The van der Waals surface area contributed by atoms with E-state index < -0.39 is 5.97 Å². The molecule has 0 unspecified atom stereocenters. The fourth-order valence-corrected chi connectivity index (χ4v) is 6.52. The Bertz CT molecular complexity index is 879. The molecule has 5 nitrogen and oxygen atoms in total. The molecule has 0 spiro atoms. The van der Waals surface area contributed by atoms with Crippen molar-refractivity contribution in [1.82, 2.24) is 0 Å². The molecule has 0 saturated carbocycles. The van der Waals surface area contributed by atoms with Gasteiger partial charge in [0.05, 0.1) is 19.8 Å². The molecule has 1 aromatic rings. The zero-order chi connectivity index (χ0) is 36.2. The van der Waals surface area contributed by atoms with E-state index in [2.05, 4.69) is 20.8 Å². The maximum Gasteiger partial charge on any atom is 0.328 e. The molecule has 0 radical (unpaired) electrons. The molecule has 50 heavy (non-hydrogen) atoms. The largest absolute Gasteiger partial charge is 0.490 e. The van der Waals surface area contributed by atoms with Gasteiger partial charge in [0.1, 0.15) is 0 Å². The summed E-state index contributed by atoms with van der Waals surface area (Å²) >= 11 is 0. The number of benzene rings is 1. The highest BCUT2D eigenvalue weighted by Gasteiger charge is 2.16. The SMILES string of the molecule is CCCCCCCCCCCCOc1cc(/C=C/C(=O)O)cc(OCCCCCCCCCCCC)c1OCCCCCCCCCCCC. The van der Waals surface area contributed by atoms with Crippen LogP contribution in [0.15, 0.2) is 18.2 Å². The van der Waals surface area contributed by atoms with Crippen LogP contribution in [0.2, 0.25) is 0 Å².